The van der Waals surface area contributed by atoms with Crippen LogP contribution in [-0.2, 0) is 9.53 Å². The largest absolute Gasteiger partial charge is 0.466 e. The number of thiazole rings is 1. The number of nitrogens with zero attached hydrogens (tertiary/aromatic N) is 1. The number of hydrogen-bond donors (Lipinski definition) is 1. The summed E-state index contributed by atoms with van der Waals surface area (Å²) in [6.07, 6.45) is -0.350. The van der Waals surface area contributed by atoms with E-state index in [0.29, 0.717) is 16.1 Å². The highest BCUT2D eigenvalue weighted by Gasteiger charge is 2.20. The monoisotopic (exact) mass is 388 g/mol. The van der Waals surface area contributed by atoms with E-state index in [1.807, 2.05) is 13.0 Å². The third-order valence-electron chi connectivity index (χ3n) is 3.59. The van der Waals surface area contributed by atoms with Crippen LogP contribution in [-0.4, -0.2) is 29.3 Å². The van der Waals surface area contributed by atoms with E-state index in [9.17, 15) is 14.4 Å². The van der Waals surface area contributed by atoms with Crippen LogP contribution in [0.25, 0.3) is 10.2 Å². The molecule has 0 spiro atoms. The van der Waals surface area contributed by atoms with Gasteiger partial charge in [0.25, 0.3) is 5.91 Å². The lowest BCUT2D eigenvalue weighted by Gasteiger charge is -2.06. The summed E-state index contributed by atoms with van der Waals surface area (Å²) in [7, 11) is 0. The Hall–Kier alpha value is -2.58. The number of fused-ring (bicyclic) bond motifs is 1. The minimum Gasteiger partial charge on any atom is -0.466 e. The quantitative estimate of drug-likeness (QED) is 0.391. The molecule has 0 fully saturated rings. The smallest absolute Gasteiger partial charge is 0.313 e. The van der Waals surface area contributed by atoms with Gasteiger partial charge in [-0.15, -0.1) is 22.7 Å². The second-order valence-electron chi connectivity index (χ2n) is 5.49. The number of nitrogens with one attached hydrogen (secondary N) is 1. The minimum absolute atomic E-state index is 0.220. The van der Waals surface area contributed by atoms with Crippen molar-refractivity contribution in [3.8, 4) is 0 Å². The zero-order valence-electron chi connectivity index (χ0n) is 14.2. The Morgan fingerprint density at radius 2 is 2.04 bits per heavy atom. The summed E-state index contributed by atoms with van der Waals surface area (Å²) in [6, 6.07) is 6.94. The molecular weight excluding hydrogens is 372 g/mol. The van der Waals surface area contributed by atoms with Crippen molar-refractivity contribution < 1.29 is 19.1 Å². The number of thiophene rings is 1. The van der Waals surface area contributed by atoms with Crippen LogP contribution in [0.15, 0.2) is 29.8 Å². The summed E-state index contributed by atoms with van der Waals surface area (Å²) >= 11 is 2.79. The molecule has 26 heavy (non-hydrogen) atoms. The summed E-state index contributed by atoms with van der Waals surface area (Å²) in [4.78, 5) is 41.5. The maximum atomic E-state index is 12.6. The van der Waals surface area contributed by atoms with Crippen molar-refractivity contribution in [1.29, 1.82) is 0 Å². The number of carbonyl (C=O) groups excluding carboxylic acids is 3. The summed E-state index contributed by atoms with van der Waals surface area (Å²) in [5.74, 6) is -1.28. The fourth-order valence-electron chi connectivity index (χ4n) is 2.43. The van der Waals surface area contributed by atoms with Gasteiger partial charge >= 0.3 is 5.97 Å². The summed E-state index contributed by atoms with van der Waals surface area (Å²) in [6.45, 7) is 3.74. The van der Waals surface area contributed by atoms with Gasteiger partial charge in [0.2, 0.25) is 0 Å². The van der Waals surface area contributed by atoms with Crippen molar-refractivity contribution in [3.05, 3.63) is 45.8 Å². The predicted molar refractivity (Wildman–Crippen MR) is 102 cm³/mol. The molecule has 1 aromatic carbocycles. The zero-order chi connectivity index (χ0) is 18.7. The summed E-state index contributed by atoms with van der Waals surface area (Å²) in [5.41, 5.74) is 3.26. The number of anilines is 1. The van der Waals surface area contributed by atoms with Gasteiger partial charge in [0.15, 0.2) is 5.78 Å². The van der Waals surface area contributed by atoms with E-state index in [1.54, 1.807) is 30.6 Å². The van der Waals surface area contributed by atoms with Gasteiger partial charge in [0.05, 0.1) is 27.9 Å². The molecule has 1 amide bonds. The molecule has 0 bridgehead atoms. The highest BCUT2D eigenvalue weighted by atomic mass is 32.1. The van der Waals surface area contributed by atoms with Crippen molar-refractivity contribution in [2.45, 2.75) is 20.3 Å². The van der Waals surface area contributed by atoms with E-state index in [2.05, 4.69) is 10.3 Å². The van der Waals surface area contributed by atoms with Gasteiger partial charge in [0.1, 0.15) is 11.4 Å². The van der Waals surface area contributed by atoms with Gasteiger partial charge in [-0.1, -0.05) is 0 Å². The maximum Gasteiger partial charge on any atom is 0.313 e. The Kier molecular flexibility index (Phi) is 5.43. The van der Waals surface area contributed by atoms with E-state index >= 15 is 0 Å². The van der Waals surface area contributed by atoms with E-state index in [-0.39, 0.29) is 24.7 Å². The number of amides is 1. The number of ether oxygens (including phenoxy) is 1. The maximum absolute atomic E-state index is 12.6. The molecule has 3 rings (SSSR count). The summed E-state index contributed by atoms with van der Waals surface area (Å²) in [5, 5.41) is 3.20. The molecule has 0 saturated carbocycles. The van der Waals surface area contributed by atoms with Crippen LogP contribution in [0.4, 0.5) is 5.00 Å². The molecule has 6 nitrogen and oxygen atoms in total. The van der Waals surface area contributed by atoms with E-state index in [1.165, 1.54) is 22.7 Å². The Morgan fingerprint density at radius 1 is 1.23 bits per heavy atom. The lowest BCUT2D eigenvalue weighted by molar-refractivity contribution is -0.141. The number of Topliss-reactive ketones (excluding diaryl/α,β-unsaturated/α-hetero) is 1. The highest BCUT2D eigenvalue weighted by Crippen LogP contribution is 2.29. The Labute approximate surface area is 157 Å². The molecule has 0 aliphatic heterocycles. The van der Waals surface area contributed by atoms with Gasteiger partial charge < -0.3 is 10.1 Å². The van der Waals surface area contributed by atoms with Gasteiger partial charge in [0, 0.05) is 10.4 Å². The van der Waals surface area contributed by atoms with Crippen LogP contribution in [0.1, 0.15) is 38.9 Å². The van der Waals surface area contributed by atoms with Crippen LogP contribution < -0.4 is 5.32 Å². The number of benzene rings is 1. The van der Waals surface area contributed by atoms with Gasteiger partial charge in [-0.25, -0.2) is 4.98 Å². The summed E-state index contributed by atoms with van der Waals surface area (Å²) < 4.78 is 5.81. The first-order valence-electron chi connectivity index (χ1n) is 7.91. The van der Waals surface area contributed by atoms with Crippen molar-refractivity contribution in [2.24, 2.45) is 0 Å². The fraction of sp³-hybridized carbons (Fsp3) is 0.222. The first kappa shape index (κ1) is 18.2. The van der Waals surface area contributed by atoms with E-state index in [0.717, 1.165) is 15.1 Å². The fourth-order valence-corrected chi connectivity index (χ4v) is 4.01. The number of aryl methyl sites for hydroxylation is 1. The number of aromatic nitrogens is 1. The zero-order valence-corrected chi connectivity index (χ0v) is 15.8. The predicted octanol–water partition coefficient (Wildman–Crippen LogP) is 4.05. The standard InChI is InChI=1S/C18H16N2O4S2/c1-3-24-16(22)8-14(21)12-6-10(2)26-18(12)20-17(23)11-4-5-15-13(7-11)19-9-25-15/h4-7,9H,3,8H2,1-2H3,(H,20,23). The van der Waals surface area contributed by atoms with E-state index < -0.39 is 5.97 Å². The molecule has 0 atom stereocenters. The Bertz CT molecular complexity index is 990. The molecule has 0 aliphatic rings. The molecule has 2 heterocycles. The molecule has 0 saturated heterocycles. The lowest BCUT2D eigenvalue weighted by Crippen LogP contribution is -2.15. The Balaban J connectivity index is 1.79. The average Bonchev–Trinajstić information content (AvgIpc) is 3.20. The number of carbonyl (C=O) groups is 3. The molecule has 0 unspecified atom stereocenters. The third kappa shape index (κ3) is 3.97. The van der Waals surface area contributed by atoms with Crippen LogP contribution >= 0.6 is 22.7 Å². The van der Waals surface area contributed by atoms with E-state index in [4.69, 9.17) is 4.74 Å². The lowest BCUT2D eigenvalue weighted by atomic mass is 10.1. The third-order valence-corrected chi connectivity index (χ3v) is 5.36. The van der Waals surface area contributed by atoms with Crippen LogP contribution in [0, 0.1) is 6.92 Å². The van der Waals surface area contributed by atoms with Crippen molar-refractivity contribution in [2.75, 3.05) is 11.9 Å². The van der Waals surface area contributed by atoms with Crippen LogP contribution in [0.2, 0.25) is 0 Å². The van der Waals surface area contributed by atoms with Gasteiger partial charge in [-0.2, -0.15) is 0 Å². The Morgan fingerprint density at radius 3 is 2.81 bits per heavy atom. The second-order valence-corrected chi connectivity index (χ2v) is 7.64. The molecule has 0 aliphatic carbocycles. The minimum atomic E-state index is -0.576. The normalized spacial score (nSPS) is 10.7. The van der Waals surface area contributed by atoms with Gasteiger partial charge in [-0.05, 0) is 38.1 Å². The second kappa shape index (κ2) is 7.76. The van der Waals surface area contributed by atoms with Crippen LogP contribution in [0.3, 0.4) is 0 Å². The molecular formula is C18H16N2O4S2. The molecule has 3 aromatic rings. The van der Waals surface area contributed by atoms with Crippen LogP contribution in [0.5, 0.6) is 0 Å². The molecule has 0 radical (unpaired) electrons. The van der Waals surface area contributed by atoms with Crippen molar-refractivity contribution in [1.82, 2.24) is 4.98 Å². The number of ketones is 1. The number of esters is 1. The molecule has 2 aromatic heterocycles. The highest BCUT2D eigenvalue weighted by molar-refractivity contribution is 7.17. The van der Waals surface area contributed by atoms with Crippen molar-refractivity contribution >= 4 is 55.6 Å². The first-order chi connectivity index (χ1) is 12.5. The number of rotatable bonds is 6. The first-order valence-corrected chi connectivity index (χ1v) is 9.61. The SMILES string of the molecule is CCOC(=O)CC(=O)c1cc(C)sc1NC(=O)c1ccc2scnc2c1. The average molecular weight is 388 g/mol. The molecule has 1 N–H and O–H groups in total. The topological polar surface area (TPSA) is 85.4 Å². The number of hydrogen-bond acceptors (Lipinski definition) is 7. The van der Waals surface area contributed by atoms with Crippen molar-refractivity contribution in [3.63, 3.8) is 0 Å². The molecule has 8 heteroatoms. The molecule has 134 valence electrons. The van der Waals surface area contributed by atoms with Gasteiger partial charge in [-0.3, -0.25) is 14.4 Å².